The van der Waals surface area contributed by atoms with Gasteiger partial charge in [-0.2, -0.15) is 0 Å². The second-order valence-electron chi connectivity index (χ2n) is 3.63. The lowest BCUT2D eigenvalue weighted by molar-refractivity contribution is 0.544. The van der Waals surface area contributed by atoms with E-state index in [1.807, 2.05) is 48.0 Å². The minimum Gasteiger partial charge on any atom is -0.458 e. The molecular weight excluding hydrogens is 268 g/mol. The minimum absolute atomic E-state index is 0.788. The summed E-state index contributed by atoms with van der Waals surface area (Å²) in [6.45, 7) is 1.93. The highest BCUT2D eigenvalue weighted by Crippen LogP contribution is 2.23. The Morgan fingerprint density at radius 1 is 1.25 bits per heavy atom. The van der Waals surface area contributed by atoms with E-state index in [0.717, 1.165) is 27.3 Å². The van der Waals surface area contributed by atoms with Gasteiger partial charge in [-0.1, -0.05) is 0 Å². The molecule has 3 heterocycles. The molecule has 0 saturated heterocycles. The third kappa shape index (κ3) is 1.46. The standard InChI is InChI=1S/C12H9BrN2O/c1-8-2-5-11(16-8)12-14-6-10-4-3-9(13)7-15(10)12/h2-7H,1H3. The molecule has 0 aromatic carbocycles. The van der Waals surface area contributed by atoms with Crippen LogP contribution in [0.1, 0.15) is 5.76 Å². The Hall–Kier alpha value is -1.55. The van der Waals surface area contributed by atoms with Gasteiger partial charge in [0.25, 0.3) is 0 Å². The fourth-order valence-electron chi connectivity index (χ4n) is 1.70. The van der Waals surface area contributed by atoms with E-state index in [1.165, 1.54) is 0 Å². The molecule has 3 nitrogen and oxygen atoms in total. The zero-order valence-corrected chi connectivity index (χ0v) is 10.2. The predicted octanol–water partition coefficient (Wildman–Crippen LogP) is 3.67. The van der Waals surface area contributed by atoms with Crippen LogP contribution < -0.4 is 0 Å². The van der Waals surface area contributed by atoms with Crippen molar-refractivity contribution in [2.24, 2.45) is 0 Å². The molecule has 0 radical (unpaired) electrons. The molecule has 3 rings (SSSR count). The molecule has 0 aliphatic rings. The molecule has 0 atom stereocenters. The molecule has 0 fully saturated rings. The van der Waals surface area contributed by atoms with Crippen molar-refractivity contribution in [3.05, 3.63) is 46.9 Å². The fraction of sp³-hybridized carbons (Fsp3) is 0.0833. The van der Waals surface area contributed by atoms with Gasteiger partial charge in [0, 0.05) is 10.7 Å². The van der Waals surface area contributed by atoms with Crippen LogP contribution >= 0.6 is 15.9 Å². The van der Waals surface area contributed by atoms with Crippen LogP contribution in [0.4, 0.5) is 0 Å². The smallest absolute Gasteiger partial charge is 0.180 e. The van der Waals surface area contributed by atoms with Gasteiger partial charge in [0.2, 0.25) is 0 Å². The van der Waals surface area contributed by atoms with Crippen LogP contribution in [0.3, 0.4) is 0 Å². The molecule has 0 amide bonds. The first-order valence-electron chi connectivity index (χ1n) is 4.93. The Morgan fingerprint density at radius 3 is 2.88 bits per heavy atom. The molecule has 16 heavy (non-hydrogen) atoms. The summed E-state index contributed by atoms with van der Waals surface area (Å²) in [7, 11) is 0. The van der Waals surface area contributed by atoms with Gasteiger partial charge in [-0.15, -0.1) is 0 Å². The van der Waals surface area contributed by atoms with Crippen molar-refractivity contribution in [3.63, 3.8) is 0 Å². The number of halogens is 1. The molecule has 4 heteroatoms. The van der Waals surface area contributed by atoms with Crippen molar-refractivity contribution in [2.45, 2.75) is 6.92 Å². The SMILES string of the molecule is Cc1ccc(-c2ncc3ccc(Br)cn23)o1. The number of aryl methyl sites for hydroxylation is 1. The zero-order chi connectivity index (χ0) is 11.1. The molecule has 3 aromatic heterocycles. The summed E-state index contributed by atoms with van der Waals surface area (Å²) >= 11 is 3.45. The van der Waals surface area contributed by atoms with Crippen molar-refractivity contribution < 1.29 is 4.42 Å². The first kappa shape index (κ1) is 9.66. The number of furan rings is 1. The van der Waals surface area contributed by atoms with E-state index in [4.69, 9.17) is 4.42 Å². The highest BCUT2D eigenvalue weighted by Gasteiger charge is 2.09. The molecule has 80 valence electrons. The number of hydrogen-bond donors (Lipinski definition) is 0. The van der Waals surface area contributed by atoms with Crippen LogP contribution in [-0.2, 0) is 0 Å². The number of nitrogens with zero attached hydrogens (tertiary/aromatic N) is 2. The Kier molecular flexibility index (Phi) is 2.11. The first-order chi connectivity index (χ1) is 7.74. The Labute approximate surface area is 101 Å². The second kappa shape index (κ2) is 3.49. The summed E-state index contributed by atoms with van der Waals surface area (Å²) in [4.78, 5) is 4.37. The summed E-state index contributed by atoms with van der Waals surface area (Å²) in [5.41, 5.74) is 1.05. The van der Waals surface area contributed by atoms with Crippen LogP contribution in [0.5, 0.6) is 0 Å². The molecule has 0 N–H and O–H groups in total. The van der Waals surface area contributed by atoms with E-state index >= 15 is 0 Å². The number of pyridine rings is 1. The van der Waals surface area contributed by atoms with Crippen LogP contribution in [0, 0.1) is 6.92 Å². The molecule has 0 aliphatic carbocycles. The van der Waals surface area contributed by atoms with Crippen molar-refractivity contribution >= 4 is 21.4 Å². The normalized spacial score (nSPS) is 11.1. The van der Waals surface area contributed by atoms with Gasteiger partial charge >= 0.3 is 0 Å². The lowest BCUT2D eigenvalue weighted by Gasteiger charge is -1.98. The molecule has 0 unspecified atom stereocenters. The maximum atomic E-state index is 5.58. The second-order valence-corrected chi connectivity index (χ2v) is 4.55. The van der Waals surface area contributed by atoms with Crippen LogP contribution in [0.25, 0.3) is 17.1 Å². The molecule has 0 saturated carbocycles. The van der Waals surface area contributed by atoms with Gasteiger partial charge in [0.05, 0.1) is 11.7 Å². The largest absolute Gasteiger partial charge is 0.458 e. The van der Waals surface area contributed by atoms with E-state index < -0.39 is 0 Å². The average molecular weight is 277 g/mol. The number of fused-ring (bicyclic) bond motifs is 1. The van der Waals surface area contributed by atoms with E-state index in [1.54, 1.807) is 0 Å². The number of hydrogen-bond acceptors (Lipinski definition) is 2. The van der Waals surface area contributed by atoms with E-state index in [0.29, 0.717) is 0 Å². The molecule has 3 aromatic rings. The quantitative estimate of drug-likeness (QED) is 0.679. The summed E-state index contributed by atoms with van der Waals surface area (Å²) in [5.74, 6) is 2.50. The average Bonchev–Trinajstić information content (AvgIpc) is 2.83. The van der Waals surface area contributed by atoms with Crippen LogP contribution in [0.15, 0.2) is 45.5 Å². The molecule has 0 aliphatic heterocycles. The molecular formula is C12H9BrN2O. The maximum Gasteiger partial charge on any atom is 0.180 e. The summed E-state index contributed by atoms with van der Waals surface area (Å²) in [6, 6.07) is 7.88. The zero-order valence-electron chi connectivity index (χ0n) is 8.64. The van der Waals surface area contributed by atoms with Crippen molar-refractivity contribution in [1.82, 2.24) is 9.38 Å². The summed E-state index contributed by atoms with van der Waals surface area (Å²) in [6.07, 6.45) is 3.81. The van der Waals surface area contributed by atoms with Gasteiger partial charge in [-0.05, 0) is 47.1 Å². The van der Waals surface area contributed by atoms with Crippen LogP contribution in [0.2, 0.25) is 0 Å². The van der Waals surface area contributed by atoms with E-state index in [9.17, 15) is 0 Å². The van der Waals surface area contributed by atoms with Crippen molar-refractivity contribution in [2.75, 3.05) is 0 Å². The lowest BCUT2D eigenvalue weighted by atomic mass is 10.4. The Bertz CT molecular complexity index is 654. The van der Waals surface area contributed by atoms with Gasteiger partial charge in [0.15, 0.2) is 11.6 Å². The van der Waals surface area contributed by atoms with Gasteiger partial charge in [-0.25, -0.2) is 4.98 Å². The summed E-state index contributed by atoms with van der Waals surface area (Å²) < 4.78 is 8.60. The fourth-order valence-corrected chi connectivity index (χ4v) is 2.04. The molecule has 0 spiro atoms. The van der Waals surface area contributed by atoms with Crippen LogP contribution in [-0.4, -0.2) is 9.38 Å². The number of rotatable bonds is 1. The Balaban J connectivity index is 2.27. The topological polar surface area (TPSA) is 30.4 Å². The van der Waals surface area contributed by atoms with E-state index in [-0.39, 0.29) is 0 Å². The predicted molar refractivity (Wildman–Crippen MR) is 65.3 cm³/mol. The Morgan fingerprint density at radius 2 is 2.12 bits per heavy atom. The van der Waals surface area contributed by atoms with Crippen molar-refractivity contribution in [3.8, 4) is 11.6 Å². The van der Waals surface area contributed by atoms with Gasteiger partial charge in [0.1, 0.15) is 5.76 Å². The monoisotopic (exact) mass is 276 g/mol. The highest BCUT2D eigenvalue weighted by molar-refractivity contribution is 9.10. The van der Waals surface area contributed by atoms with Gasteiger partial charge < -0.3 is 4.42 Å². The van der Waals surface area contributed by atoms with E-state index in [2.05, 4.69) is 20.9 Å². The molecule has 0 bridgehead atoms. The lowest BCUT2D eigenvalue weighted by Crippen LogP contribution is -1.87. The minimum atomic E-state index is 0.788. The summed E-state index contributed by atoms with van der Waals surface area (Å²) in [5, 5.41) is 0. The number of imidazole rings is 1. The first-order valence-corrected chi connectivity index (χ1v) is 5.73. The third-order valence-corrected chi connectivity index (χ3v) is 2.92. The highest BCUT2D eigenvalue weighted by atomic mass is 79.9. The van der Waals surface area contributed by atoms with Crippen molar-refractivity contribution in [1.29, 1.82) is 0 Å². The third-order valence-electron chi connectivity index (χ3n) is 2.45. The van der Waals surface area contributed by atoms with Gasteiger partial charge in [-0.3, -0.25) is 4.40 Å². The maximum absolute atomic E-state index is 5.58. The number of aromatic nitrogens is 2.